The molecule has 6 nitrogen and oxygen atoms in total. The van der Waals surface area contributed by atoms with Crippen LogP contribution < -0.4 is 0 Å². The van der Waals surface area contributed by atoms with Gasteiger partial charge in [0.15, 0.2) is 0 Å². The molecule has 1 atom stereocenters. The Kier molecular flexibility index (Phi) is 6.17. The second-order valence-corrected chi connectivity index (χ2v) is 9.24. The van der Waals surface area contributed by atoms with Crippen molar-refractivity contribution in [3.63, 3.8) is 0 Å². The van der Waals surface area contributed by atoms with Crippen LogP contribution in [0.3, 0.4) is 0 Å². The van der Waals surface area contributed by atoms with E-state index in [9.17, 15) is 13.2 Å². The Hall–Kier alpha value is -2.22. The molecule has 1 heterocycles. The van der Waals surface area contributed by atoms with E-state index in [0.29, 0.717) is 31.1 Å². The number of hydrogen-bond donors (Lipinski definition) is 0. The molecule has 0 aromatic heterocycles. The van der Waals surface area contributed by atoms with Gasteiger partial charge >= 0.3 is 0 Å². The standard InChI is InChI=1S/C21H27N3O3S/c1-17-9-11-19(12-10-17)28(26,27)24-15-13-23(14-16-24)20(21(25)22(2)3)18-7-5-4-6-8-18/h4-12,20H,13-16H2,1-3H3. The Balaban J connectivity index is 1.77. The molecule has 0 N–H and O–H groups in total. The van der Waals surface area contributed by atoms with Crippen LogP contribution in [0, 0.1) is 6.92 Å². The van der Waals surface area contributed by atoms with Crippen LogP contribution in [0.2, 0.25) is 0 Å². The van der Waals surface area contributed by atoms with E-state index in [1.807, 2.05) is 49.4 Å². The van der Waals surface area contributed by atoms with Crippen molar-refractivity contribution in [2.45, 2.75) is 17.9 Å². The maximum Gasteiger partial charge on any atom is 0.244 e. The fourth-order valence-corrected chi connectivity index (χ4v) is 4.87. The number of carbonyl (C=O) groups excluding carboxylic acids is 1. The summed E-state index contributed by atoms with van der Waals surface area (Å²) < 4.78 is 27.3. The number of sulfonamides is 1. The average Bonchev–Trinajstić information content (AvgIpc) is 2.69. The van der Waals surface area contributed by atoms with Crippen molar-refractivity contribution in [2.75, 3.05) is 40.3 Å². The molecule has 3 rings (SSSR count). The zero-order valence-corrected chi connectivity index (χ0v) is 17.4. The van der Waals surface area contributed by atoms with Gasteiger partial charge in [0, 0.05) is 40.3 Å². The summed E-state index contributed by atoms with van der Waals surface area (Å²) in [7, 11) is -0.0250. The number of rotatable bonds is 5. The first-order valence-electron chi connectivity index (χ1n) is 9.37. The highest BCUT2D eigenvalue weighted by Crippen LogP contribution is 2.26. The molecular weight excluding hydrogens is 374 g/mol. The molecule has 0 bridgehead atoms. The molecule has 2 aromatic rings. The summed E-state index contributed by atoms with van der Waals surface area (Å²) in [6.07, 6.45) is 0. The van der Waals surface area contributed by atoms with Crippen LogP contribution in [0.5, 0.6) is 0 Å². The minimum Gasteiger partial charge on any atom is -0.347 e. The lowest BCUT2D eigenvalue weighted by Crippen LogP contribution is -2.52. The topological polar surface area (TPSA) is 60.9 Å². The Bertz CT molecular complexity index is 904. The molecule has 0 aliphatic carbocycles. The number of amides is 1. The zero-order valence-electron chi connectivity index (χ0n) is 16.6. The number of nitrogens with zero attached hydrogens (tertiary/aromatic N) is 3. The quantitative estimate of drug-likeness (QED) is 0.770. The van der Waals surface area contributed by atoms with E-state index in [1.54, 1.807) is 31.1 Å². The SMILES string of the molecule is Cc1ccc(S(=O)(=O)N2CCN(C(C(=O)N(C)C)c3ccccc3)CC2)cc1. The van der Waals surface area contributed by atoms with Gasteiger partial charge < -0.3 is 4.90 Å². The minimum atomic E-state index is -3.52. The van der Waals surface area contributed by atoms with Crippen LogP contribution in [0.15, 0.2) is 59.5 Å². The number of aryl methyl sites for hydroxylation is 1. The molecule has 0 radical (unpaired) electrons. The zero-order chi connectivity index (χ0) is 20.3. The van der Waals surface area contributed by atoms with Gasteiger partial charge in [0.1, 0.15) is 6.04 Å². The molecule has 1 saturated heterocycles. The molecule has 1 aliphatic heterocycles. The summed E-state index contributed by atoms with van der Waals surface area (Å²) >= 11 is 0. The molecule has 1 amide bonds. The van der Waals surface area contributed by atoms with Gasteiger partial charge in [-0.2, -0.15) is 4.31 Å². The Morgan fingerprint density at radius 3 is 2.04 bits per heavy atom. The molecule has 0 saturated carbocycles. The Labute approximate surface area is 167 Å². The first-order valence-corrected chi connectivity index (χ1v) is 10.8. The molecule has 7 heteroatoms. The lowest BCUT2D eigenvalue weighted by atomic mass is 10.0. The van der Waals surface area contributed by atoms with Crippen molar-refractivity contribution in [3.8, 4) is 0 Å². The highest BCUT2D eigenvalue weighted by Gasteiger charge is 2.34. The maximum atomic E-state index is 12.9. The fraction of sp³-hybridized carbons (Fsp3) is 0.381. The fourth-order valence-electron chi connectivity index (χ4n) is 3.45. The predicted octanol–water partition coefficient (Wildman–Crippen LogP) is 2.13. The number of piperazine rings is 1. The Morgan fingerprint density at radius 2 is 1.50 bits per heavy atom. The van der Waals surface area contributed by atoms with E-state index in [1.165, 1.54) is 4.31 Å². The van der Waals surface area contributed by atoms with Gasteiger partial charge in [-0.3, -0.25) is 9.69 Å². The molecule has 28 heavy (non-hydrogen) atoms. The second kappa shape index (κ2) is 8.43. The van der Waals surface area contributed by atoms with E-state index in [4.69, 9.17) is 0 Å². The maximum absolute atomic E-state index is 12.9. The minimum absolute atomic E-state index is 0.000965. The van der Waals surface area contributed by atoms with Crippen molar-refractivity contribution in [1.29, 1.82) is 0 Å². The normalized spacial score (nSPS) is 17.2. The molecule has 1 fully saturated rings. The highest BCUT2D eigenvalue weighted by molar-refractivity contribution is 7.89. The van der Waals surface area contributed by atoms with E-state index in [-0.39, 0.29) is 5.91 Å². The summed E-state index contributed by atoms with van der Waals surface area (Å²) in [4.78, 5) is 16.8. The van der Waals surface area contributed by atoms with Gasteiger partial charge in [0.05, 0.1) is 4.90 Å². The van der Waals surface area contributed by atoms with Gasteiger partial charge in [-0.05, 0) is 24.6 Å². The average molecular weight is 402 g/mol. The summed E-state index contributed by atoms with van der Waals surface area (Å²) in [6.45, 7) is 3.66. The first kappa shape index (κ1) is 20.5. The summed E-state index contributed by atoms with van der Waals surface area (Å²) in [6, 6.07) is 16.2. The third-order valence-electron chi connectivity index (χ3n) is 5.09. The van der Waals surface area contributed by atoms with Crippen molar-refractivity contribution in [2.24, 2.45) is 0 Å². The number of likely N-dealkylation sites (N-methyl/N-ethyl adjacent to an activating group) is 1. The van der Waals surface area contributed by atoms with Crippen LogP contribution in [0.1, 0.15) is 17.2 Å². The van der Waals surface area contributed by atoms with Crippen molar-refractivity contribution in [3.05, 3.63) is 65.7 Å². The van der Waals surface area contributed by atoms with Crippen LogP contribution in [-0.4, -0.2) is 68.7 Å². The molecule has 1 unspecified atom stereocenters. The van der Waals surface area contributed by atoms with Gasteiger partial charge in [0.25, 0.3) is 0 Å². The van der Waals surface area contributed by atoms with Crippen LogP contribution >= 0.6 is 0 Å². The van der Waals surface area contributed by atoms with E-state index >= 15 is 0 Å². The largest absolute Gasteiger partial charge is 0.347 e. The monoisotopic (exact) mass is 401 g/mol. The van der Waals surface area contributed by atoms with Gasteiger partial charge in [-0.15, -0.1) is 0 Å². The van der Waals surface area contributed by atoms with Gasteiger partial charge in [-0.25, -0.2) is 8.42 Å². The smallest absolute Gasteiger partial charge is 0.244 e. The number of hydrogen-bond acceptors (Lipinski definition) is 4. The third kappa shape index (κ3) is 4.27. The van der Waals surface area contributed by atoms with Crippen LogP contribution in [0.4, 0.5) is 0 Å². The lowest BCUT2D eigenvalue weighted by Gasteiger charge is -2.39. The van der Waals surface area contributed by atoms with Crippen molar-refractivity contribution < 1.29 is 13.2 Å². The predicted molar refractivity (Wildman–Crippen MR) is 109 cm³/mol. The summed E-state index contributed by atoms with van der Waals surface area (Å²) in [5.41, 5.74) is 1.95. The summed E-state index contributed by atoms with van der Waals surface area (Å²) in [5.74, 6) is 0.000965. The second-order valence-electron chi connectivity index (χ2n) is 7.30. The van der Waals surface area contributed by atoms with E-state index in [2.05, 4.69) is 4.90 Å². The highest BCUT2D eigenvalue weighted by atomic mass is 32.2. The molecule has 1 aliphatic rings. The number of benzene rings is 2. The molecule has 150 valence electrons. The molecule has 0 spiro atoms. The number of carbonyl (C=O) groups is 1. The van der Waals surface area contributed by atoms with Gasteiger partial charge in [0.2, 0.25) is 15.9 Å². The van der Waals surface area contributed by atoms with Crippen molar-refractivity contribution in [1.82, 2.24) is 14.1 Å². The lowest BCUT2D eigenvalue weighted by molar-refractivity contribution is -0.135. The first-order chi connectivity index (χ1) is 13.3. The van der Waals surface area contributed by atoms with Crippen molar-refractivity contribution >= 4 is 15.9 Å². The van der Waals surface area contributed by atoms with Crippen LogP contribution in [-0.2, 0) is 14.8 Å². The third-order valence-corrected chi connectivity index (χ3v) is 7.00. The van der Waals surface area contributed by atoms with Crippen LogP contribution in [0.25, 0.3) is 0 Å². The van der Waals surface area contributed by atoms with E-state index < -0.39 is 16.1 Å². The Morgan fingerprint density at radius 1 is 0.929 bits per heavy atom. The molecule has 2 aromatic carbocycles. The molecular formula is C21H27N3O3S. The van der Waals surface area contributed by atoms with Gasteiger partial charge in [-0.1, -0.05) is 48.0 Å². The summed E-state index contributed by atoms with van der Waals surface area (Å²) in [5, 5.41) is 0. The van der Waals surface area contributed by atoms with E-state index in [0.717, 1.165) is 11.1 Å².